The normalized spacial score (nSPS) is 6.50. The summed E-state index contributed by atoms with van der Waals surface area (Å²) in [7, 11) is 0. The second kappa shape index (κ2) is 8.04. The SMILES string of the molecule is [O]=[Ti]([OH])[OH].[O]=[Zr]([OH])[OH]. The van der Waals surface area contributed by atoms with Gasteiger partial charge in [0.2, 0.25) is 0 Å². The van der Waals surface area contributed by atoms with E-state index in [2.05, 4.69) is 0 Å². The van der Waals surface area contributed by atoms with E-state index in [0.29, 0.717) is 0 Å². The van der Waals surface area contributed by atoms with Gasteiger partial charge in [0.25, 0.3) is 0 Å². The van der Waals surface area contributed by atoms with E-state index in [0.717, 1.165) is 0 Å². The van der Waals surface area contributed by atoms with Crippen LogP contribution in [-0.4, -0.2) is 13.7 Å². The van der Waals surface area contributed by atoms with Crippen molar-refractivity contribution in [2.75, 3.05) is 0 Å². The van der Waals surface area contributed by atoms with E-state index >= 15 is 0 Å². The molecule has 0 fully saturated rings. The topological polar surface area (TPSA) is 115 Å². The van der Waals surface area contributed by atoms with Crippen molar-refractivity contribution in [3.05, 3.63) is 0 Å². The van der Waals surface area contributed by atoms with Crippen LogP contribution >= 0.6 is 0 Å². The minimum absolute atomic E-state index is 3.58. The van der Waals surface area contributed by atoms with Gasteiger partial charge in [-0.15, -0.1) is 0 Å². The molecule has 0 saturated heterocycles. The zero-order valence-corrected chi connectivity index (χ0v) is 7.62. The average molecular weight is 239 g/mol. The van der Waals surface area contributed by atoms with Crippen LogP contribution < -0.4 is 0 Å². The molecule has 0 unspecified atom stereocenters. The van der Waals surface area contributed by atoms with E-state index in [4.69, 9.17) is 19.9 Å². The molecular formula is H4O6TiZr. The van der Waals surface area contributed by atoms with Crippen molar-refractivity contribution in [3.8, 4) is 0 Å². The van der Waals surface area contributed by atoms with E-state index in [1.807, 2.05) is 0 Å². The molecule has 0 bridgehead atoms. The first-order valence-corrected chi connectivity index (χ1v) is 6.54. The third kappa shape index (κ3) is 238. The van der Waals surface area contributed by atoms with Gasteiger partial charge in [0.15, 0.2) is 0 Å². The standard InChI is InChI=1S/4H2O.2O.Ti.Zr/h4*1H2;;;;/q;;;;;;2*+2/p-4. The molecule has 0 aliphatic heterocycles. The van der Waals surface area contributed by atoms with Crippen molar-refractivity contribution in [3.63, 3.8) is 0 Å². The van der Waals surface area contributed by atoms with Crippen LogP contribution in [0.2, 0.25) is 0 Å². The van der Waals surface area contributed by atoms with Crippen molar-refractivity contribution < 1.29 is 61.1 Å². The van der Waals surface area contributed by atoms with Crippen molar-refractivity contribution in [2.24, 2.45) is 0 Å². The van der Waals surface area contributed by atoms with Gasteiger partial charge in [0, 0.05) is 0 Å². The molecule has 0 aromatic carbocycles. The summed E-state index contributed by atoms with van der Waals surface area (Å²) in [4.78, 5) is 0. The fourth-order valence-corrected chi connectivity index (χ4v) is 0. The predicted molar refractivity (Wildman–Crippen MR) is 10.2 cm³/mol. The van der Waals surface area contributed by atoms with Crippen LogP contribution in [0.25, 0.3) is 0 Å². The summed E-state index contributed by atoms with van der Waals surface area (Å²) in [5, 5.41) is 0. The number of rotatable bonds is 0. The van der Waals surface area contributed by atoms with Crippen LogP contribution in [0.3, 0.4) is 0 Å². The molecule has 0 aromatic heterocycles. The third-order valence-corrected chi connectivity index (χ3v) is 0. The molecule has 0 aliphatic carbocycles. The molecule has 0 aromatic rings. The number of hydrogen-bond donors (Lipinski definition) is 4. The van der Waals surface area contributed by atoms with Gasteiger partial charge >= 0.3 is 61.1 Å². The maximum absolute atomic E-state index is 8.84. The molecule has 0 heterocycles. The molecule has 0 rings (SSSR count). The Bertz CT molecular complexity index is 66.5. The van der Waals surface area contributed by atoms with Crippen LogP contribution in [0.1, 0.15) is 0 Å². The molecule has 48 valence electrons. The summed E-state index contributed by atoms with van der Waals surface area (Å²) in [5.41, 5.74) is 0. The van der Waals surface area contributed by atoms with Gasteiger partial charge < -0.3 is 0 Å². The average Bonchev–Trinajstić information content (AvgIpc) is 1.25. The van der Waals surface area contributed by atoms with E-state index in [1.54, 1.807) is 0 Å². The Morgan fingerprint density at radius 1 is 1.25 bits per heavy atom. The van der Waals surface area contributed by atoms with Crippen LogP contribution in [-0.2, 0) is 47.4 Å². The van der Waals surface area contributed by atoms with Crippen molar-refractivity contribution >= 4 is 0 Å². The molecule has 0 atom stereocenters. The maximum atomic E-state index is 8.84. The van der Waals surface area contributed by atoms with Crippen LogP contribution in [0.15, 0.2) is 0 Å². The Hall–Kier alpha value is 1.04. The minimum atomic E-state index is -3.79. The predicted octanol–water partition coefficient (Wildman–Crippen LogP) is -2.47. The second-order valence-corrected chi connectivity index (χ2v) is 2.84. The summed E-state index contributed by atoms with van der Waals surface area (Å²) in [6, 6.07) is 0. The quantitative estimate of drug-likeness (QED) is 0.348. The van der Waals surface area contributed by atoms with Crippen LogP contribution in [0.5, 0.6) is 0 Å². The van der Waals surface area contributed by atoms with E-state index < -0.39 is 41.3 Å². The zero-order valence-electron chi connectivity index (χ0n) is 3.61. The van der Waals surface area contributed by atoms with E-state index in [9.17, 15) is 0 Å². The summed E-state index contributed by atoms with van der Waals surface area (Å²) in [5.74, 6) is 0. The molecule has 8 heteroatoms. The van der Waals surface area contributed by atoms with Crippen molar-refractivity contribution in [1.29, 1.82) is 0 Å². The fraction of sp³-hybridized carbons (Fsp3) is 0. The Morgan fingerprint density at radius 3 is 1.25 bits per heavy atom. The van der Waals surface area contributed by atoms with E-state index in [1.165, 1.54) is 0 Å². The molecule has 0 saturated carbocycles. The first-order chi connectivity index (χ1) is 3.46. The van der Waals surface area contributed by atoms with Gasteiger partial charge in [-0.05, 0) is 0 Å². The molecule has 0 aliphatic rings. The fourth-order valence-electron chi connectivity index (χ4n) is 0. The van der Waals surface area contributed by atoms with Crippen molar-refractivity contribution in [1.82, 2.24) is 0 Å². The first-order valence-electron chi connectivity index (χ1n) is 1.30. The molecule has 0 spiro atoms. The Morgan fingerprint density at radius 2 is 1.25 bits per heavy atom. The summed E-state index contributed by atoms with van der Waals surface area (Å²) >= 11 is -7.38. The Labute approximate surface area is 60.9 Å². The van der Waals surface area contributed by atoms with Crippen LogP contribution in [0, 0.1) is 0 Å². The van der Waals surface area contributed by atoms with Gasteiger partial charge in [-0.25, -0.2) is 0 Å². The van der Waals surface area contributed by atoms with Gasteiger partial charge in [0.1, 0.15) is 0 Å². The summed E-state index contributed by atoms with van der Waals surface area (Å²) in [6.45, 7) is 0. The first kappa shape index (κ1) is 11.8. The monoisotopic (exact) mass is 238 g/mol. The Kier molecular flexibility index (Phi) is 11.8. The summed E-state index contributed by atoms with van der Waals surface area (Å²) < 4.78 is 46.6. The third-order valence-electron chi connectivity index (χ3n) is 0. The molecule has 8 heavy (non-hydrogen) atoms. The van der Waals surface area contributed by atoms with Gasteiger partial charge in [0.05, 0.1) is 0 Å². The zero-order chi connectivity index (χ0) is 7.15. The number of hydrogen-bond acceptors (Lipinski definition) is 2. The van der Waals surface area contributed by atoms with Gasteiger partial charge in [-0.2, -0.15) is 0 Å². The molecule has 0 radical (unpaired) electrons. The molecule has 4 N–H and O–H groups in total. The Balaban J connectivity index is 0. The summed E-state index contributed by atoms with van der Waals surface area (Å²) in [6.07, 6.45) is 0. The van der Waals surface area contributed by atoms with E-state index in [-0.39, 0.29) is 0 Å². The van der Waals surface area contributed by atoms with Crippen LogP contribution in [0.4, 0.5) is 0 Å². The van der Waals surface area contributed by atoms with Crippen molar-refractivity contribution in [2.45, 2.75) is 0 Å². The second-order valence-electron chi connectivity index (χ2n) is 0.565. The molecule has 0 amide bonds. The molecular weight excluding hydrogens is 235 g/mol. The van der Waals surface area contributed by atoms with Gasteiger partial charge in [-0.1, -0.05) is 0 Å². The molecule has 6 nitrogen and oxygen atoms in total. The van der Waals surface area contributed by atoms with Gasteiger partial charge in [-0.3, -0.25) is 0 Å².